The van der Waals surface area contributed by atoms with Gasteiger partial charge in [-0.2, -0.15) is 9.78 Å². The number of ether oxygens (including phenoxy) is 3. The number of hydrogen-bond donors (Lipinski definition) is 0. The van der Waals surface area contributed by atoms with Crippen LogP contribution >= 0.6 is 0 Å². The SMILES string of the molecule is C#CCOc1c(OC)cc(C=Nn2c(-c3cc4ccccc4o3)nc3ccccc3c2=O)cc1OC. The Kier molecular flexibility index (Phi) is 6.12. The van der Waals surface area contributed by atoms with Gasteiger partial charge >= 0.3 is 0 Å². The van der Waals surface area contributed by atoms with Crippen LogP contribution in [0.5, 0.6) is 17.2 Å². The van der Waals surface area contributed by atoms with E-state index in [-0.39, 0.29) is 18.0 Å². The maximum atomic E-state index is 13.5. The summed E-state index contributed by atoms with van der Waals surface area (Å²) in [5.74, 6) is 4.31. The van der Waals surface area contributed by atoms with Gasteiger partial charge in [0, 0.05) is 10.9 Å². The van der Waals surface area contributed by atoms with Crippen LogP contribution in [0.3, 0.4) is 0 Å². The van der Waals surface area contributed by atoms with Gasteiger partial charge in [0.05, 0.1) is 31.3 Å². The van der Waals surface area contributed by atoms with E-state index in [1.807, 2.05) is 36.4 Å². The van der Waals surface area contributed by atoms with Crippen molar-refractivity contribution in [2.75, 3.05) is 20.8 Å². The fraction of sp³-hybridized carbons (Fsp3) is 0.107. The van der Waals surface area contributed by atoms with E-state index in [4.69, 9.17) is 30.0 Å². The molecule has 3 aromatic carbocycles. The second-order valence-corrected chi connectivity index (χ2v) is 7.71. The van der Waals surface area contributed by atoms with Gasteiger partial charge in [0.15, 0.2) is 17.3 Å². The Balaban J connectivity index is 1.66. The number of rotatable bonds is 7. The zero-order chi connectivity index (χ0) is 25.1. The van der Waals surface area contributed by atoms with Crippen LogP contribution in [-0.4, -0.2) is 36.7 Å². The molecule has 0 radical (unpaired) electrons. The highest BCUT2D eigenvalue weighted by molar-refractivity contribution is 5.85. The lowest BCUT2D eigenvalue weighted by Crippen LogP contribution is -2.20. The minimum Gasteiger partial charge on any atom is -0.493 e. The zero-order valence-corrected chi connectivity index (χ0v) is 19.6. The van der Waals surface area contributed by atoms with Crippen molar-refractivity contribution in [2.45, 2.75) is 0 Å². The molecule has 5 rings (SSSR count). The number of terminal acetylenes is 1. The molecule has 0 unspecified atom stereocenters. The lowest BCUT2D eigenvalue weighted by molar-refractivity contribution is 0.304. The van der Waals surface area contributed by atoms with Crippen molar-refractivity contribution >= 4 is 28.1 Å². The average Bonchev–Trinajstić information content (AvgIpc) is 3.35. The Morgan fingerprint density at radius 2 is 1.78 bits per heavy atom. The number of methoxy groups -OCH3 is 2. The predicted octanol–water partition coefficient (Wildman–Crippen LogP) is 4.72. The Labute approximate surface area is 206 Å². The second kappa shape index (κ2) is 9.68. The molecular formula is C28H21N3O5. The molecule has 0 saturated heterocycles. The normalized spacial score (nSPS) is 11.1. The lowest BCUT2D eigenvalue weighted by atomic mass is 10.2. The van der Waals surface area contributed by atoms with Crippen molar-refractivity contribution in [3.05, 3.63) is 82.6 Å². The molecule has 178 valence electrons. The van der Waals surface area contributed by atoms with Gasteiger partial charge < -0.3 is 18.6 Å². The number of benzene rings is 3. The minimum absolute atomic E-state index is 0.0547. The van der Waals surface area contributed by atoms with Crippen LogP contribution in [-0.2, 0) is 0 Å². The fourth-order valence-electron chi connectivity index (χ4n) is 3.84. The molecule has 0 saturated carbocycles. The summed E-state index contributed by atoms with van der Waals surface area (Å²) in [5, 5.41) is 5.81. The molecule has 5 aromatic rings. The van der Waals surface area contributed by atoms with Crippen molar-refractivity contribution in [1.82, 2.24) is 9.66 Å². The van der Waals surface area contributed by atoms with E-state index in [1.54, 1.807) is 30.3 Å². The summed E-state index contributed by atoms with van der Waals surface area (Å²) >= 11 is 0. The van der Waals surface area contributed by atoms with Crippen LogP contribution in [0.4, 0.5) is 0 Å². The summed E-state index contributed by atoms with van der Waals surface area (Å²) < 4.78 is 23.7. The number of fused-ring (bicyclic) bond motifs is 2. The third-order valence-corrected chi connectivity index (χ3v) is 5.50. The molecule has 8 heteroatoms. The number of hydrogen-bond acceptors (Lipinski definition) is 7. The van der Waals surface area contributed by atoms with Crippen molar-refractivity contribution < 1.29 is 18.6 Å². The van der Waals surface area contributed by atoms with Crippen molar-refractivity contribution in [3.8, 4) is 41.2 Å². The van der Waals surface area contributed by atoms with E-state index in [1.165, 1.54) is 25.1 Å². The first-order valence-electron chi connectivity index (χ1n) is 11.0. The monoisotopic (exact) mass is 479 g/mol. The minimum atomic E-state index is -0.333. The summed E-state index contributed by atoms with van der Waals surface area (Å²) in [6, 6.07) is 19.9. The Hall–Kier alpha value is -5.03. The zero-order valence-electron chi connectivity index (χ0n) is 19.6. The fourth-order valence-corrected chi connectivity index (χ4v) is 3.84. The average molecular weight is 479 g/mol. The summed E-state index contributed by atoms with van der Waals surface area (Å²) in [6.45, 7) is 0.0547. The number of para-hydroxylation sites is 2. The number of aromatic nitrogens is 2. The third-order valence-electron chi connectivity index (χ3n) is 5.50. The molecule has 0 fully saturated rings. The van der Waals surface area contributed by atoms with Crippen LogP contribution in [0, 0.1) is 12.3 Å². The first kappa shape index (κ1) is 22.7. The second-order valence-electron chi connectivity index (χ2n) is 7.71. The lowest BCUT2D eigenvalue weighted by Gasteiger charge is -2.14. The van der Waals surface area contributed by atoms with Gasteiger partial charge in [0.2, 0.25) is 11.6 Å². The standard InChI is InChI=1S/C28H21N3O5/c1-4-13-35-26-23(33-2)14-18(15-24(26)34-3)17-29-31-27(25-16-19-9-5-8-12-22(19)36-25)30-21-11-7-6-10-20(21)28(31)32/h1,5-12,14-17H,13H2,2-3H3. The van der Waals surface area contributed by atoms with Crippen LogP contribution in [0.1, 0.15) is 5.56 Å². The first-order chi connectivity index (χ1) is 17.6. The van der Waals surface area contributed by atoms with Crippen LogP contribution in [0.25, 0.3) is 33.5 Å². The van der Waals surface area contributed by atoms with Crippen LogP contribution in [0.2, 0.25) is 0 Å². The highest BCUT2D eigenvalue weighted by atomic mass is 16.5. The van der Waals surface area contributed by atoms with Gasteiger partial charge in [-0.05, 0) is 36.4 Å². The van der Waals surface area contributed by atoms with Gasteiger partial charge in [-0.3, -0.25) is 4.79 Å². The van der Waals surface area contributed by atoms with Crippen LogP contribution < -0.4 is 19.8 Å². The molecule has 0 atom stereocenters. The predicted molar refractivity (Wildman–Crippen MR) is 138 cm³/mol. The molecule has 2 heterocycles. The molecule has 8 nitrogen and oxygen atoms in total. The van der Waals surface area contributed by atoms with Gasteiger partial charge in [0.25, 0.3) is 5.56 Å². The molecule has 0 aliphatic carbocycles. The highest BCUT2D eigenvalue weighted by Gasteiger charge is 2.17. The molecule has 0 N–H and O–H groups in total. The Morgan fingerprint density at radius 1 is 1.06 bits per heavy atom. The Morgan fingerprint density at radius 3 is 2.50 bits per heavy atom. The van der Waals surface area contributed by atoms with E-state index in [0.717, 1.165) is 5.39 Å². The molecule has 0 bridgehead atoms. The van der Waals surface area contributed by atoms with E-state index in [0.29, 0.717) is 45.1 Å². The number of furan rings is 1. The van der Waals surface area contributed by atoms with Crippen molar-refractivity contribution in [1.29, 1.82) is 0 Å². The van der Waals surface area contributed by atoms with E-state index in [9.17, 15) is 4.79 Å². The molecule has 0 aliphatic rings. The molecule has 36 heavy (non-hydrogen) atoms. The third kappa shape index (κ3) is 4.14. The number of nitrogens with zero attached hydrogens (tertiary/aromatic N) is 3. The highest BCUT2D eigenvalue weighted by Crippen LogP contribution is 2.38. The summed E-state index contributed by atoms with van der Waals surface area (Å²) in [6.07, 6.45) is 6.83. The van der Waals surface area contributed by atoms with E-state index >= 15 is 0 Å². The van der Waals surface area contributed by atoms with Gasteiger partial charge in [-0.1, -0.05) is 36.3 Å². The smallest absolute Gasteiger partial charge is 0.282 e. The maximum Gasteiger partial charge on any atom is 0.282 e. The largest absolute Gasteiger partial charge is 0.493 e. The Bertz CT molecular complexity index is 1650. The van der Waals surface area contributed by atoms with Gasteiger partial charge in [0.1, 0.15) is 12.2 Å². The first-order valence-corrected chi connectivity index (χ1v) is 11.0. The van der Waals surface area contributed by atoms with Crippen molar-refractivity contribution in [2.24, 2.45) is 5.10 Å². The van der Waals surface area contributed by atoms with E-state index < -0.39 is 0 Å². The van der Waals surface area contributed by atoms with E-state index in [2.05, 4.69) is 11.0 Å². The molecule has 2 aromatic heterocycles. The topological polar surface area (TPSA) is 88.1 Å². The van der Waals surface area contributed by atoms with Crippen molar-refractivity contribution in [3.63, 3.8) is 0 Å². The molecular weight excluding hydrogens is 458 g/mol. The summed E-state index contributed by atoms with van der Waals surface area (Å²) in [5.41, 5.74) is 1.50. The molecule has 0 amide bonds. The van der Waals surface area contributed by atoms with Gasteiger partial charge in [-0.25, -0.2) is 4.98 Å². The van der Waals surface area contributed by atoms with Gasteiger partial charge in [-0.15, -0.1) is 6.42 Å². The quantitative estimate of drug-likeness (QED) is 0.248. The molecule has 0 aliphatic heterocycles. The molecule has 0 spiro atoms. The summed E-state index contributed by atoms with van der Waals surface area (Å²) in [7, 11) is 3.02. The maximum absolute atomic E-state index is 13.5. The summed E-state index contributed by atoms with van der Waals surface area (Å²) in [4.78, 5) is 18.2. The van der Waals surface area contributed by atoms with Crippen LogP contribution in [0.15, 0.2) is 81.0 Å².